The first-order valence-electron chi connectivity index (χ1n) is 6.49. The predicted molar refractivity (Wildman–Crippen MR) is 69.1 cm³/mol. The van der Waals surface area contributed by atoms with Crippen molar-refractivity contribution >= 4 is 0 Å². The van der Waals surface area contributed by atoms with Crippen LogP contribution >= 0.6 is 0 Å². The number of nitrogens with zero attached hydrogens (tertiary/aromatic N) is 1. The Balaban J connectivity index is 1.80. The largest absolute Gasteiger partial charge is 0.493 e. The highest BCUT2D eigenvalue weighted by atomic mass is 19.4. The first-order valence-corrected chi connectivity index (χ1v) is 6.49. The molecule has 3 nitrogen and oxygen atoms in total. The number of hydrogen-bond acceptors (Lipinski definition) is 3. The molecule has 1 aliphatic rings. The third-order valence-corrected chi connectivity index (χ3v) is 3.38. The van der Waals surface area contributed by atoms with Crippen LogP contribution in [0, 0.1) is 5.92 Å². The van der Waals surface area contributed by atoms with E-state index < -0.39 is 12.1 Å². The van der Waals surface area contributed by atoms with Gasteiger partial charge in [0.05, 0.1) is 13.0 Å². The highest BCUT2D eigenvalue weighted by Gasteiger charge is 2.39. The fourth-order valence-corrected chi connectivity index (χ4v) is 2.13. The molecule has 6 heteroatoms. The zero-order valence-electron chi connectivity index (χ0n) is 11.5. The van der Waals surface area contributed by atoms with Crippen LogP contribution in [0.5, 0.6) is 11.5 Å². The van der Waals surface area contributed by atoms with Gasteiger partial charge in [-0.1, -0.05) is 19.1 Å². The molecule has 0 radical (unpaired) electrons. The molecule has 112 valence electrons. The van der Waals surface area contributed by atoms with Gasteiger partial charge in [-0.3, -0.25) is 4.90 Å². The van der Waals surface area contributed by atoms with E-state index in [1.807, 2.05) is 12.1 Å². The topological polar surface area (TPSA) is 21.7 Å². The van der Waals surface area contributed by atoms with Crippen LogP contribution in [0.1, 0.15) is 6.92 Å². The molecule has 1 fully saturated rings. The van der Waals surface area contributed by atoms with Gasteiger partial charge in [-0.2, -0.15) is 13.2 Å². The summed E-state index contributed by atoms with van der Waals surface area (Å²) in [5, 5.41) is 0. The molecule has 0 aromatic heterocycles. The fraction of sp³-hybridized carbons (Fsp3) is 0.571. The molecule has 1 heterocycles. The molecular formula is C14H18F3NO2. The molecule has 1 atom stereocenters. The highest BCUT2D eigenvalue weighted by Crippen LogP contribution is 2.30. The quantitative estimate of drug-likeness (QED) is 0.832. The summed E-state index contributed by atoms with van der Waals surface area (Å²) in [5.41, 5.74) is 0. The van der Waals surface area contributed by atoms with Crippen molar-refractivity contribution in [3.63, 3.8) is 0 Å². The van der Waals surface area contributed by atoms with Crippen molar-refractivity contribution in [2.45, 2.75) is 19.2 Å². The monoisotopic (exact) mass is 289 g/mol. The van der Waals surface area contributed by atoms with Gasteiger partial charge in [0.2, 0.25) is 0 Å². The first kappa shape index (κ1) is 15.0. The molecule has 0 unspecified atom stereocenters. The molecule has 0 aliphatic carbocycles. The van der Waals surface area contributed by atoms with Gasteiger partial charge >= 0.3 is 6.18 Å². The molecule has 1 saturated heterocycles. The summed E-state index contributed by atoms with van der Waals surface area (Å²) in [6, 6.07) is 7.25. The van der Waals surface area contributed by atoms with Crippen molar-refractivity contribution in [2.75, 3.05) is 26.7 Å². The van der Waals surface area contributed by atoms with E-state index in [0.717, 1.165) is 0 Å². The summed E-state index contributed by atoms with van der Waals surface area (Å²) >= 11 is 0. The summed E-state index contributed by atoms with van der Waals surface area (Å²) < 4.78 is 48.2. The summed E-state index contributed by atoms with van der Waals surface area (Å²) in [5.74, 6) is -0.0483. The van der Waals surface area contributed by atoms with Crippen molar-refractivity contribution < 1.29 is 22.6 Å². The third-order valence-electron chi connectivity index (χ3n) is 3.38. The van der Waals surface area contributed by atoms with Gasteiger partial charge in [0.1, 0.15) is 6.10 Å². The third kappa shape index (κ3) is 3.56. The lowest BCUT2D eigenvalue weighted by Gasteiger charge is -2.40. The molecule has 0 N–H and O–H groups in total. The van der Waals surface area contributed by atoms with Gasteiger partial charge in [-0.05, 0) is 12.1 Å². The fourth-order valence-electron chi connectivity index (χ4n) is 2.13. The maximum absolute atomic E-state index is 12.4. The Hall–Kier alpha value is -1.43. The average molecular weight is 289 g/mol. The maximum atomic E-state index is 12.4. The Labute approximate surface area is 116 Å². The van der Waals surface area contributed by atoms with Crippen LogP contribution < -0.4 is 9.47 Å². The molecule has 1 aliphatic heterocycles. The minimum absolute atomic E-state index is 0.0231. The lowest BCUT2D eigenvalue weighted by atomic mass is 10.1. The molecule has 1 aromatic carbocycles. The summed E-state index contributed by atoms with van der Waals surface area (Å²) in [4.78, 5) is 1.75. The Morgan fingerprint density at radius 1 is 1.25 bits per heavy atom. The number of rotatable bonds is 5. The minimum atomic E-state index is -4.13. The van der Waals surface area contributed by atoms with Crippen LogP contribution in [-0.2, 0) is 0 Å². The number of ether oxygens (including phenoxy) is 2. The van der Waals surface area contributed by atoms with Crippen LogP contribution in [0.25, 0.3) is 0 Å². The predicted octanol–water partition coefficient (Wildman–Crippen LogP) is 2.96. The minimum Gasteiger partial charge on any atom is -0.493 e. The second kappa shape index (κ2) is 5.91. The van der Waals surface area contributed by atoms with Crippen LogP contribution in [0.15, 0.2) is 24.3 Å². The van der Waals surface area contributed by atoms with Crippen LogP contribution in [0.3, 0.4) is 0 Å². The van der Waals surface area contributed by atoms with E-state index in [9.17, 15) is 13.2 Å². The van der Waals surface area contributed by atoms with Crippen LogP contribution in [-0.4, -0.2) is 43.9 Å². The van der Waals surface area contributed by atoms with Gasteiger partial charge in [0, 0.05) is 19.6 Å². The van der Waals surface area contributed by atoms with Crippen molar-refractivity contribution in [3.8, 4) is 11.5 Å². The van der Waals surface area contributed by atoms with E-state index in [2.05, 4.69) is 0 Å². The second-order valence-electron chi connectivity index (χ2n) is 5.05. The van der Waals surface area contributed by atoms with E-state index in [4.69, 9.17) is 9.47 Å². The number of alkyl halides is 3. The molecule has 0 saturated carbocycles. The van der Waals surface area contributed by atoms with Crippen molar-refractivity contribution in [3.05, 3.63) is 24.3 Å². The average Bonchev–Trinajstić information content (AvgIpc) is 2.35. The molecule has 1 aromatic rings. The van der Waals surface area contributed by atoms with Gasteiger partial charge in [0.15, 0.2) is 11.5 Å². The zero-order valence-corrected chi connectivity index (χ0v) is 11.5. The number of methoxy groups -OCH3 is 1. The Morgan fingerprint density at radius 2 is 1.85 bits per heavy atom. The second-order valence-corrected chi connectivity index (χ2v) is 5.05. The summed E-state index contributed by atoms with van der Waals surface area (Å²) in [6.45, 7) is 2.25. The van der Waals surface area contributed by atoms with Crippen molar-refractivity contribution in [1.82, 2.24) is 4.90 Å². The first-order chi connectivity index (χ1) is 9.40. The molecule has 0 bridgehead atoms. The number of hydrogen-bond donors (Lipinski definition) is 0. The number of halogens is 3. The standard InChI is InChI=1S/C14H18F3NO2/c1-10(14(15,16)17)7-18-8-11(9-18)20-13-6-4-3-5-12(13)19-2/h3-6,10-11H,7-9H2,1-2H3/t10-/m0/s1. The Kier molecular flexibility index (Phi) is 4.42. The SMILES string of the molecule is COc1ccccc1OC1CN(C[C@H](C)C(F)(F)F)C1. The number of likely N-dealkylation sites (tertiary alicyclic amines) is 1. The van der Waals surface area contributed by atoms with E-state index in [1.165, 1.54) is 6.92 Å². The summed E-state index contributed by atoms with van der Waals surface area (Å²) in [6.07, 6.45) is -4.21. The van der Waals surface area contributed by atoms with Crippen LogP contribution in [0.2, 0.25) is 0 Å². The van der Waals surface area contributed by atoms with Gasteiger partial charge in [0.25, 0.3) is 0 Å². The molecular weight excluding hydrogens is 271 g/mol. The van der Waals surface area contributed by atoms with E-state index >= 15 is 0 Å². The smallest absolute Gasteiger partial charge is 0.392 e. The maximum Gasteiger partial charge on any atom is 0.392 e. The van der Waals surface area contributed by atoms with Gasteiger partial charge in [-0.25, -0.2) is 0 Å². The van der Waals surface area contributed by atoms with Gasteiger partial charge in [-0.15, -0.1) is 0 Å². The van der Waals surface area contributed by atoms with Crippen LogP contribution in [0.4, 0.5) is 13.2 Å². The molecule has 20 heavy (non-hydrogen) atoms. The molecule has 0 spiro atoms. The molecule has 2 rings (SSSR count). The van der Waals surface area contributed by atoms with Crippen molar-refractivity contribution in [1.29, 1.82) is 0 Å². The van der Waals surface area contributed by atoms with E-state index in [-0.39, 0.29) is 12.6 Å². The van der Waals surface area contributed by atoms with E-state index in [0.29, 0.717) is 24.6 Å². The molecule has 0 amide bonds. The number of para-hydroxylation sites is 2. The number of benzene rings is 1. The van der Waals surface area contributed by atoms with E-state index in [1.54, 1.807) is 24.1 Å². The Morgan fingerprint density at radius 3 is 2.40 bits per heavy atom. The normalized spacial score (nSPS) is 18.4. The zero-order chi connectivity index (χ0) is 14.8. The Bertz CT molecular complexity index is 444. The highest BCUT2D eigenvalue weighted by molar-refractivity contribution is 5.39. The summed E-state index contributed by atoms with van der Waals surface area (Å²) in [7, 11) is 1.56. The van der Waals surface area contributed by atoms with Crippen molar-refractivity contribution in [2.24, 2.45) is 5.92 Å². The lowest BCUT2D eigenvalue weighted by molar-refractivity contribution is -0.179. The van der Waals surface area contributed by atoms with Gasteiger partial charge < -0.3 is 9.47 Å². The lowest BCUT2D eigenvalue weighted by Crippen LogP contribution is -2.55.